The van der Waals surface area contributed by atoms with Gasteiger partial charge in [-0.25, -0.2) is 0 Å². The normalized spacial score (nSPS) is 26.5. The van der Waals surface area contributed by atoms with E-state index in [9.17, 15) is 4.79 Å². The van der Waals surface area contributed by atoms with Crippen molar-refractivity contribution in [3.05, 3.63) is 45.8 Å². The lowest BCUT2D eigenvalue weighted by Crippen LogP contribution is -2.52. The molecular weight excluding hydrogens is 253 g/mol. The molecule has 0 radical (unpaired) electrons. The quantitative estimate of drug-likeness (QED) is 0.619. The maximum atomic E-state index is 12.7. The molecule has 1 aliphatic rings. The van der Waals surface area contributed by atoms with E-state index in [0.29, 0.717) is 11.4 Å². The molecule has 0 aliphatic heterocycles. The molecule has 0 aromatic heterocycles. The molecule has 2 N–H and O–H groups in total. The molecule has 1 unspecified atom stereocenters. The standard InChI is InChI=1S/C12H16B4ClNO/c13-8-9(14)12(15,16)5-11(18,10(8)19)6-3-1-2-4-7(6)17/h1-4H,5,13-16,18H2. The van der Waals surface area contributed by atoms with Crippen molar-refractivity contribution in [3.8, 4) is 0 Å². The molecule has 7 heteroatoms. The zero-order chi connectivity index (χ0) is 14.4. The predicted molar refractivity (Wildman–Crippen MR) is 90.8 cm³/mol. The number of rotatable bonds is 1. The molecule has 19 heavy (non-hydrogen) atoms. The van der Waals surface area contributed by atoms with Crippen molar-refractivity contribution < 1.29 is 4.79 Å². The van der Waals surface area contributed by atoms with Gasteiger partial charge in [0, 0.05) is 5.02 Å². The average Bonchev–Trinajstić information content (AvgIpc) is 2.34. The minimum atomic E-state index is -1.02. The number of benzene rings is 1. The van der Waals surface area contributed by atoms with E-state index in [1.165, 1.54) is 0 Å². The summed E-state index contributed by atoms with van der Waals surface area (Å²) in [5.74, 6) is -0.0163. The number of nitrogens with two attached hydrogens (primary N) is 1. The molecular formula is C12H16B4ClNO. The Labute approximate surface area is 122 Å². The highest BCUT2D eigenvalue weighted by molar-refractivity contribution is 6.54. The summed E-state index contributed by atoms with van der Waals surface area (Å²) in [6.07, 6.45) is 0.575. The van der Waals surface area contributed by atoms with Crippen LogP contribution in [0.2, 0.25) is 10.2 Å². The molecule has 0 saturated heterocycles. The Kier molecular flexibility index (Phi) is 3.53. The maximum Gasteiger partial charge on any atom is 0.172 e. The third-order valence-electron chi connectivity index (χ3n) is 4.40. The Morgan fingerprint density at radius 2 is 1.79 bits per heavy atom. The fourth-order valence-electron chi connectivity index (χ4n) is 2.96. The second-order valence-electron chi connectivity index (χ2n) is 6.09. The van der Waals surface area contributed by atoms with E-state index in [-0.39, 0.29) is 11.0 Å². The molecule has 1 atom stereocenters. The molecule has 0 bridgehead atoms. The largest absolute Gasteiger partial charge is 0.315 e. The molecule has 1 aromatic rings. The molecule has 1 aromatic carbocycles. The van der Waals surface area contributed by atoms with Crippen molar-refractivity contribution in [1.29, 1.82) is 0 Å². The fraction of sp³-hybridized carbons (Fsp3) is 0.250. The third kappa shape index (κ3) is 2.21. The van der Waals surface area contributed by atoms with Gasteiger partial charge in [-0.1, -0.05) is 40.5 Å². The third-order valence-corrected chi connectivity index (χ3v) is 4.73. The highest BCUT2D eigenvalue weighted by Gasteiger charge is 2.46. The molecule has 0 spiro atoms. The molecule has 94 valence electrons. The van der Waals surface area contributed by atoms with Gasteiger partial charge in [0.2, 0.25) is 0 Å². The number of Topliss-reactive ketones (excluding diaryl/α,β-unsaturated/α-hetero) is 1. The van der Waals surface area contributed by atoms with Gasteiger partial charge < -0.3 is 5.73 Å². The summed E-state index contributed by atoms with van der Waals surface area (Å²) in [5.41, 5.74) is 8.07. The van der Waals surface area contributed by atoms with Crippen LogP contribution >= 0.6 is 11.6 Å². The van der Waals surface area contributed by atoms with E-state index in [2.05, 4.69) is 15.7 Å². The molecule has 2 rings (SSSR count). The monoisotopic (exact) mass is 269 g/mol. The van der Waals surface area contributed by atoms with Crippen LogP contribution in [-0.4, -0.2) is 37.2 Å². The Morgan fingerprint density at radius 3 is 2.37 bits per heavy atom. The van der Waals surface area contributed by atoms with Crippen LogP contribution in [-0.2, 0) is 10.3 Å². The van der Waals surface area contributed by atoms with Crippen molar-refractivity contribution in [3.63, 3.8) is 0 Å². The van der Waals surface area contributed by atoms with Gasteiger partial charge in [-0.3, -0.25) is 4.79 Å². The van der Waals surface area contributed by atoms with Crippen LogP contribution < -0.4 is 5.73 Å². The first-order valence-corrected chi connectivity index (χ1v) is 6.84. The van der Waals surface area contributed by atoms with Crippen LogP contribution in [0, 0.1) is 0 Å². The van der Waals surface area contributed by atoms with Crippen molar-refractivity contribution in [1.82, 2.24) is 0 Å². The number of allylic oxidation sites excluding steroid dienone is 1. The summed E-state index contributed by atoms with van der Waals surface area (Å²) in [7, 11) is 8.11. The summed E-state index contributed by atoms with van der Waals surface area (Å²) in [6.45, 7) is 0. The lowest BCUT2D eigenvalue weighted by Gasteiger charge is -2.44. The Hall–Kier alpha value is -0.860. The van der Waals surface area contributed by atoms with Crippen molar-refractivity contribution >= 4 is 48.8 Å². The van der Waals surface area contributed by atoms with Crippen LogP contribution in [0.1, 0.15) is 12.0 Å². The van der Waals surface area contributed by atoms with Crippen LogP contribution in [0.25, 0.3) is 0 Å². The van der Waals surface area contributed by atoms with Crippen molar-refractivity contribution in [2.75, 3.05) is 0 Å². The lowest BCUT2D eigenvalue weighted by atomic mass is 9.38. The van der Waals surface area contributed by atoms with Crippen LogP contribution in [0.4, 0.5) is 0 Å². The molecule has 0 saturated carbocycles. The Balaban J connectivity index is 2.64. The van der Waals surface area contributed by atoms with E-state index in [4.69, 9.17) is 17.3 Å². The number of carbonyl (C=O) groups excluding carboxylic acids is 1. The minimum Gasteiger partial charge on any atom is -0.315 e. The molecule has 0 amide bonds. The van der Waals surface area contributed by atoms with E-state index in [0.717, 1.165) is 16.5 Å². The van der Waals surface area contributed by atoms with E-state index in [1.807, 2.05) is 33.9 Å². The first-order valence-electron chi connectivity index (χ1n) is 6.47. The molecule has 2 nitrogen and oxygen atoms in total. The number of carbonyl (C=O) groups is 1. The first-order chi connectivity index (χ1) is 8.70. The zero-order valence-electron chi connectivity index (χ0n) is 11.9. The van der Waals surface area contributed by atoms with Gasteiger partial charge in [-0.15, -0.1) is 5.47 Å². The second-order valence-corrected chi connectivity index (χ2v) is 6.50. The summed E-state index contributed by atoms with van der Waals surface area (Å²) < 4.78 is 0. The average molecular weight is 269 g/mol. The summed E-state index contributed by atoms with van der Waals surface area (Å²) in [4.78, 5) is 12.7. The minimum absolute atomic E-state index is 0.0163. The summed E-state index contributed by atoms with van der Waals surface area (Å²) >= 11 is 6.24. The smallest absolute Gasteiger partial charge is 0.172 e. The maximum absolute atomic E-state index is 12.7. The van der Waals surface area contributed by atoms with Crippen LogP contribution in [0.15, 0.2) is 35.2 Å². The summed E-state index contributed by atoms with van der Waals surface area (Å²) in [6, 6.07) is 7.36. The molecule has 1 aliphatic carbocycles. The van der Waals surface area contributed by atoms with Gasteiger partial charge >= 0.3 is 0 Å². The van der Waals surface area contributed by atoms with Gasteiger partial charge in [0.05, 0.1) is 0 Å². The van der Waals surface area contributed by atoms with Gasteiger partial charge in [-0.2, -0.15) is 0 Å². The lowest BCUT2D eigenvalue weighted by molar-refractivity contribution is -0.121. The van der Waals surface area contributed by atoms with Gasteiger partial charge in [0.15, 0.2) is 5.78 Å². The van der Waals surface area contributed by atoms with E-state index in [1.54, 1.807) is 6.07 Å². The summed E-state index contributed by atoms with van der Waals surface area (Å²) in [5, 5.41) is 0.452. The predicted octanol–water partition coefficient (Wildman–Crippen LogP) is -1.67. The topological polar surface area (TPSA) is 43.1 Å². The first kappa shape index (κ1) is 14.5. The van der Waals surface area contributed by atoms with E-state index >= 15 is 0 Å². The molecule has 0 heterocycles. The molecule has 0 fully saturated rings. The second kappa shape index (κ2) is 4.60. The van der Waals surface area contributed by atoms with Crippen molar-refractivity contribution in [2.24, 2.45) is 5.73 Å². The van der Waals surface area contributed by atoms with Crippen LogP contribution in [0.5, 0.6) is 0 Å². The number of ketones is 1. The Morgan fingerprint density at radius 1 is 1.21 bits per heavy atom. The zero-order valence-corrected chi connectivity index (χ0v) is 12.6. The number of hydrogen-bond donors (Lipinski definition) is 1. The highest BCUT2D eigenvalue weighted by atomic mass is 35.5. The van der Waals surface area contributed by atoms with Gasteiger partial charge in [0.25, 0.3) is 0 Å². The number of halogens is 1. The van der Waals surface area contributed by atoms with E-state index < -0.39 is 5.54 Å². The van der Waals surface area contributed by atoms with Crippen LogP contribution in [0.3, 0.4) is 0 Å². The van der Waals surface area contributed by atoms with Gasteiger partial charge in [0.1, 0.15) is 36.9 Å². The number of hydrogen-bond acceptors (Lipinski definition) is 2. The van der Waals surface area contributed by atoms with Crippen molar-refractivity contribution in [2.45, 2.75) is 17.2 Å². The fourth-order valence-corrected chi connectivity index (χ4v) is 3.27. The Bertz CT molecular complexity index is 587. The SMILES string of the molecule is BC1=C(B)C(B)(B)CC(N)(c2ccccc2Cl)C1=O. The van der Waals surface area contributed by atoms with Gasteiger partial charge in [-0.05, 0) is 18.1 Å². The highest BCUT2D eigenvalue weighted by Crippen LogP contribution is 2.46.